The minimum atomic E-state index is 0.580. The van der Waals surface area contributed by atoms with Crippen LogP contribution in [-0.2, 0) is 0 Å². The topological polar surface area (TPSA) is 84.1 Å². The lowest BCUT2D eigenvalue weighted by molar-refractivity contribution is 0.424. The normalized spacial score (nSPS) is 15.0. The summed E-state index contributed by atoms with van der Waals surface area (Å²) in [5.74, 6) is 3.22. The maximum atomic E-state index is 4.60. The lowest BCUT2D eigenvalue weighted by Crippen LogP contribution is -2.50. The third kappa shape index (κ3) is 2.56. The first-order valence-corrected chi connectivity index (χ1v) is 7.66. The number of anilines is 2. The zero-order valence-corrected chi connectivity index (χ0v) is 13.1. The Balaban J connectivity index is 1.37. The van der Waals surface area contributed by atoms with Gasteiger partial charge >= 0.3 is 0 Å². The van der Waals surface area contributed by atoms with E-state index in [1.165, 1.54) is 0 Å². The molecule has 8 nitrogen and oxygen atoms in total. The molecule has 1 aliphatic heterocycles. The second-order valence-corrected chi connectivity index (χ2v) is 5.85. The standard InChI is InChI=1S/C15H18N8/c1-10-15(17-6-5-16-10)18-7-12-8-22(9-12)14-4-3-13-20-19-11(2)23(13)21-14/h3-6,12H,7-9H2,1-2H3,(H,17,18). The lowest BCUT2D eigenvalue weighted by atomic mass is 10.0. The molecule has 3 aromatic rings. The quantitative estimate of drug-likeness (QED) is 0.772. The van der Waals surface area contributed by atoms with Gasteiger partial charge in [-0.05, 0) is 26.0 Å². The molecule has 1 fully saturated rings. The van der Waals surface area contributed by atoms with Gasteiger partial charge in [0, 0.05) is 37.9 Å². The molecule has 118 valence electrons. The number of aromatic nitrogens is 6. The molecule has 23 heavy (non-hydrogen) atoms. The van der Waals surface area contributed by atoms with Crippen molar-refractivity contribution in [2.24, 2.45) is 5.92 Å². The molecule has 1 saturated heterocycles. The maximum Gasteiger partial charge on any atom is 0.178 e. The van der Waals surface area contributed by atoms with Crippen molar-refractivity contribution >= 4 is 17.3 Å². The Bertz CT molecular complexity index is 836. The second kappa shape index (κ2) is 5.45. The van der Waals surface area contributed by atoms with Gasteiger partial charge in [0.15, 0.2) is 11.5 Å². The molecule has 8 heteroatoms. The molecule has 0 atom stereocenters. The van der Waals surface area contributed by atoms with Gasteiger partial charge < -0.3 is 10.2 Å². The number of nitrogens with zero attached hydrogens (tertiary/aromatic N) is 7. The van der Waals surface area contributed by atoms with E-state index in [0.717, 1.165) is 48.4 Å². The summed E-state index contributed by atoms with van der Waals surface area (Å²) in [4.78, 5) is 10.8. The van der Waals surface area contributed by atoms with E-state index in [2.05, 4.69) is 35.5 Å². The first-order valence-electron chi connectivity index (χ1n) is 7.66. The van der Waals surface area contributed by atoms with Crippen molar-refractivity contribution in [3.05, 3.63) is 36.0 Å². The van der Waals surface area contributed by atoms with Crippen LogP contribution in [0.5, 0.6) is 0 Å². The SMILES string of the molecule is Cc1nccnc1NCC1CN(c2ccc3nnc(C)n3n2)C1. The molecule has 0 bridgehead atoms. The summed E-state index contributed by atoms with van der Waals surface area (Å²) in [7, 11) is 0. The van der Waals surface area contributed by atoms with Crippen LogP contribution < -0.4 is 10.2 Å². The van der Waals surface area contributed by atoms with Gasteiger partial charge in [0.25, 0.3) is 0 Å². The van der Waals surface area contributed by atoms with Crippen LogP contribution in [0.2, 0.25) is 0 Å². The lowest BCUT2D eigenvalue weighted by Gasteiger charge is -2.40. The summed E-state index contributed by atoms with van der Waals surface area (Å²) in [6.45, 7) is 6.72. The van der Waals surface area contributed by atoms with Gasteiger partial charge in [-0.1, -0.05) is 0 Å². The Kier molecular flexibility index (Phi) is 3.29. The molecular formula is C15H18N8. The van der Waals surface area contributed by atoms with Crippen LogP contribution in [0.4, 0.5) is 11.6 Å². The molecule has 0 amide bonds. The summed E-state index contributed by atoms with van der Waals surface area (Å²) in [6, 6.07) is 3.96. The smallest absolute Gasteiger partial charge is 0.178 e. The van der Waals surface area contributed by atoms with Crippen LogP contribution in [0.3, 0.4) is 0 Å². The fourth-order valence-corrected chi connectivity index (χ4v) is 2.76. The summed E-state index contributed by atoms with van der Waals surface area (Å²) < 4.78 is 1.78. The van der Waals surface area contributed by atoms with Gasteiger partial charge in [0.1, 0.15) is 11.6 Å². The Morgan fingerprint density at radius 3 is 2.78 bits per heavy atom. The van der Waals surface area contributed by atoms with Crippen molar-refractivity contribution in [1.29, 1.82) is 0 Å². The van der Waals surface area contributed by atoms with Crippen molar-refractivity contribution < 1.29 is 0 Å². The molecular weight excluding hydrogens is 292 g/mol. The van der Waals surface area contributed by atoms with Crippen LogP contribution in [0, 0.1) is 19.8 Å². The predicted molar refractivity (Wildman–Crippen MR) is 86.5 cm³/mol. The minimum absolute atomic E-state index is 0.580. The predicted octanol–water partition coefficient (Wildman–Crippen LogP) is 1.08. The largest absolute Gasteiger partial charge is 0.368 e. The number of rotatable bonds is 4. The van der Waals surface area contributed by atoms with Gasteiger partial charge in [0.05, 0.1) is 5.69 Å². The number of nitrogens with one attached hydrogen (secondary N) is 1. The first-order chi connectivity index (χ1) is 11.2. The molecule has 0 radical (unpaired) electrons. The number of fused-ring (bicyclic) bond motifs is 1. The molecule has 1 N–H and O–H groups in total. The van der Waals surface area contributed by atoms with Crippen LogP contribution >= 0.6 is 0 Å². The van der Waals surface area contributed by atoms with E-state index in [4.69, 9.17) is 0 Å². The molecule has 0 spiro atoms. The minimum Gasteiger partial charge on any atom is -0.368 e. The fourth-order valence-electron chi connectivity index (χ4n) is 2.76. The van der Waals surface area contributed by atoms with Gasteiger partial charge in [-0.15, -0.1) is 15.3 Å². The zero-order valence-electron chi connectivity index (χ0n) is 13.1. The van der Waals surface area contributed by atoms with Crippen LogP contribution in [0.25, 0.3) is 5.65 Å². The van der Waals surface area contributed by atoms with Crippen molar-refractivity contribution in [3.8, 4) is 0 Å². The average Bonchev–Trinajstić information content (AvgIpc) is 2.88. The number of aryl methyl sites for hydroxylation is 2. The highest BCUT2D eigenvalue weighted by Crippen LogP contribution is 2.23. The fraction of sp³-hybridized carbons (Fsp3) is 0.400. The monoisotopic (exact) mass is 310 g/mol. The third-order valence-electron chi connectivity index (χ3n) is 4.13. The van der Waals surface area contributed by atoms with E-state index in [-0.39, 0.29) is 0 Å². The third-order valence-corrected chi connectivity index (χ3v) is 4.13. The van der Waals surface area contributed by atoms with E-state index in [1.54, 1.807) is 16.9 Å². The van der Waals surface area contributed by atoms with Crippen molar-refractivity contribution in [2.45, 2.75) is 13.8 Å². The summed E-state index contributed by atoms with van der Waals surface area (Å²) in [5.41, 5.74) is 1.71. The van der Waals surface area contributed by atoms with E-state index in [9.17, 15) is 0 Å². The molecule has 3 aromatic heterocycles. The molecule has 4 rings (SSSR count). The van der Waals surface area contributed by atoms with E-state index in [0.29, 0.717) is 5.92 Å². The molecule has 0 aliphatic carbocycles. The summed E-state index contributed by atoms with van der Waals surface area (Å²) in [6.07, 6.45) is 3.42. The first kappa shape index (κ1) is 13.9. The Labute approximate surface area is 133 Å². The zero-order chi connectivity index (χ0) is 15.8. The Hall–Kier alpha value is -2.77. The average molecular weight is 310 g/mol. The van der Waals surface area contributed by atoms with Gasteiger partial charge in [-0.2, -0.15) is 4.52 Å². The van der Waals surface area contributed by atoms with Crippen LogP contribution in [0.1, 0.15) is 11.5 Å². The Morgan fingerprint density at radius 2 is 1.96 bits per heavy atom. The highest BCUT2D eigenvalue weighted by atomic mass is 15.4. The van der Waals surface area contributed by atoms with Crippen molar-refractivity contribution in [3.63, 3.8) is 0 Å². The van der Waals surface area contributed by atoms with Gasteiger partial charge in [-0.3, -0.25) is 4.98 Å². The van der Waals surface area contributed by atoms with Gasteiger partial charge in [-0.25, -0.2) is 4.98 Å². The molecule has 0 saturated carbocycles. The molecule has 1 aliphatic rings. The maximum absolute atomic E-state index is 4.60. The van der Waals surface area contributed by atoms with Crippen molar-refractivity contribution in [2.75, 3.05) is 29.9 Å². The second-order valence-electron chi connectivity index (χ2n) is 5.85. The number of hydrogen-bond acceptors (Lipinski definition) is 7. The van der Waals surface area contributed by atoms with Crippen LogP contribution in [0.15, 0.2) is 24.5 Å². The van der Waals surface area contributed by atoms with Crippen molar-refractivity contribution in [1.82, 2.24) is 29.8 Å². The van der Waals surface area contributed by atoms with Crippen LogP contribution in [-0.4, -0.2) is 49.4 Å². The van der Waals surface area contributed by atoms with E-state index >= 15 is 0 Å². The highest BCUT2D eigenvalue weighted by molar-refractivity contribution is 5.48. The highest BCUT2D eigenvalue weighted by Gasteiger charge is 2.28. The summed E-state index contributed by atoms with van der Waals surface area (Å²) in [5, 5.41) is 16.1. The Morgan fingerprint density at radius 1 is 1.13 bits per heavy atom. The van der Waals surface area contributed by atoms with E-state index in [1.807, 2.05) is 26.0 Å². The molecule has 4 heterocycles. The van der Waals surface area contributed by atoms with Gasteiger partial charge in [0.2, 0.25) is 0 Å². The molecule has 0 unspecified atom stereocenters. The summed E-state index contributed by atoms with van der Waals surface area (Å²) >= 11 is 0. The molecule has 0 aromatic carbocycles. The van der Waals surface area contributed by atoms with E-state index < -0.39 is 0 Å². The number of hydrogen-bond donors (Lipinski definition) is 1.